The highest BCUT2D eigenvalue weighted by atomic mass is 16.1. The van der Waals surface area contributed by atoms with E-state index in [4.69, 9.17) is 0 Å². The molecule has 0 saturated heterocycles. The Bertz CT molecular complexity index is 711. The minimum atomic E-state index is -0.214. The molecule has 1 unspecified atom stereocenters. The SMILES string of the molecule is O=C(CC1C=CCC1)NCc1ccc2[nH]c(=O)[nH]c2c1. The number of rotatable bonds is 4. The Hall–Kier alpha value is -2.30. The van der Waals surface area contributed by atoms with Crippen molar-refractivity contribution in [1.82, 2.24) is 15.3 Å². The minimum absolute atomic E-state index is 0.0733. The van der Waals surface area contributed by atoms with Crippen molar-refractivity contribution in [2.24, 2.45) is 5.92 Å². The molecule has 0 bridgehead atoms. The molecule has 104 valence electrons. The first-order valence-corrected chi connectivity index (χ1v) is 6.85. The molecule has 0 radical (unpaired) electrons. The molecule has 0 spiro atoms. The molecule has 1 aliphatic carbocycles. The monoisotopic (exact) mass is 271 g/mol. The lowest BCUT2D eigenvalue weighted by Crippen LogP contribution is -2.24. The minimum Gasteiger partial charge on any atom is -0.352 e. The lowest BCUT2D eigenvalue weighted by molar-refractivity contribution is -0.121. The quantitative estimate of drug-likeness (QED) is 0.742. The van der Waals surface area contributed by atoms with Crippen molar-refractivity contribution in [2.75, 3.05) is 0 Å². The third kappa shape index (κ3) is 2.82. The van der Waals surface area contributed by atoms with Gasteiger partial charge in [-0.15, -0.1) is 0 Å². The van der Waals surface area contributed by atoms with Crippen LogP contribution in [0, 0.1) is 5.92 Å². The van der Waals surface area contributed by atoms with Crippen molar-refractivity contribution in [3.05, 3.63) is 46.4 Å². The molecule has 1 heterocycles. The van der Waals surface area contributed by atoms with Gasteiger partial charge in [-0.2, -0.15) is 0 Å². The van der Waals surface area contributed by atoms with Crippen molar-refractivity contribution in [3.8, 4) is 0 Å². The molecule has 2 aromatic rings. The van der Waals surface area contributed by atoms with E-state index in [0.29, 0.717) is 18.9 Å². The number of carbonyl (C=O) groups excluding carboxylic acids is 1. The number of H-pyrrole nitrogens is 2. The van der Waals surface area contributed by atoms with E-state index in [0.717, 1.165) is 29.4 Å². The molecule has 1 atom stereocenters. The van der Waals surface area contributed by atoms with Gasteiger partial charge in [-0.25, -0.2) is 4.79 Å². The van der Waals surface area contributed by atoms with E-state index in [-0.39, 0.29) is 11.6 Å². The number of carbonyl (C=O) groups is 1. The van der Waals surface area contributed by atoms with Crippen LogP contribution in [0.2, 0.25) is 0 Å². The van der Waals surface area contributed by atoms with Crippen molar-refractivity contribution in [2.45, 2.75) is 25.8 Å². The number of imidazole rings is 1. The average Bonchev–Trinajstić information content (AvgIpc) is 3.04. The molecule has 1 aromatic carbocycles. The van der Waals surface area contributed by atoms with E-state index in [1.807, 2.05) is 18.2 Å². The summed E-state index contributed by atoms with van der Waals surface area (Å²) in [6.07, 6.45) is 6.96. The van der Waals surface area contributed by atoms with Crippen molar-refractivity contribution < 1.29 is 4.79 Å². The Morgan fingerprint density at radius 2 is 2.15 bits per heavy atom. The molecular formula is C15H17N3O2. The van der Waals surface area contributed by atoms with Gasteiger partial charge >= 0.3 is 5.69 Å². The summed E-state index contributed by atoms with van der Waals surface area (Å²) < 4.78 is 0. The second-order valence-corrected chi connectivity index (χ2v) is 5.21. The number of nitrogens with one attached hydrogen (secondary N) is 3. The third-order valence-corrected chi connectivity index (χ3v) is 3.63. The van der Waals surface area contributed by atoms with Gasteiger partial charge in [0.25, 0.3) is 0 Å². The van der Waals surface area contributed by atoms with Crippen LogP contribution in [0.25, 0.3) is 11.0 Å². The zero-order valence-corrected chi connectivity index (χ0v) is 11.1. The van der Waals surface area contributed by atoms with Gasteiger partial charge in [-0.05, 0) is 36.5 Å². The van der Waals surface area contributed by atoms with Crippen LogP contribution >= 0.6 is 0 Å². The second kappa shape index (κ2) is 5.36. The van der Waals surface area contributed by atoms with Crippen LogP contribution < -0.4 is 11.0 Å². The zero-order valence-electron chi connectivity index (χ0n) is 11.1. The number of allylic oxidation sites excluding steroid dienone is 2. The van der Waals surface area contributed by atoms with E-state index in [1.54, 1.807) is 0 Å². The van der Waals surface area contributed by atoms with Crippen LogP contribution in [0.5, 0.6) is 0 Å². The van der Waals surface area contributed by atoms with Crippen molar-refractivity contribution >= 4 is 16.9 Å². The maximum absolute atomic E-state index is 11.8. The van der Waals surface area contributed by atoms with Crippen LogP contribution in [0.1, 0.15) is 24.8 Å². The summed E-state index contributed by atoms with van der Waals surface area (Å²) in [6, 6.07) is 5.62. The van der Waals surface area contributed by atoms with Gasteiger partial charge < -0.3 is 15.3 Å². The Morgan fingerprint density at radius 3 is 2.95 bits per heavy atom. The van der Waals surface area contributed by atoms with Crippen molar-refractivity contribution in [1.29, 1.82) is 0 Å². The fourth-order valence-electron chi connectivity index (χ4n) is 2.57. The number of benzene rings is 1. The molecular weight excluding hydrogens is 254 g/mol. The molecule has 0 saturated carbocycles. The highest BCUT2D eigenvalue weighted by Gasteiger charge is 2.13. The van der Waals surface area contributed by atoms with E-state index in [2.05, 4.69) is 27.4 Å². The van der Waals surface area contributed by atoms with Crippen LogP contribution in [-0.2, 0) is 11.3 Å². The van der Waals surface area contributed by atoms with Crippen LogP contribution in [0.3, 0.4) is 0 Å². The van der Waals surface area contributed by atoms with Gasteiger partial charge in [0.15, 0.2) is 0 Å². The van der Waals surface area contributed by atoms with Gasteiger partial charge in [-0.3, -0.25) is 4.79 Å². The Kier molecular flexibility index (Phi) is 3.41. The van der Waals surface area contributed by atoms with Gasteiger partial charge in [0.05, 0.1) is 11.0 Å². The molecule has 0 fully saturated rings. The van der Waals surface area contributed by atoms with Gasteiger partial charge in [0, 0.05) is 13.0 Å². The first-order chi connectivity index (χ1) is 9.70. The predicted octanol–water partition coefficient (Wildman–Crippen LogP) is 1.83. The molecule has 5 nitrogen and oxygen atoms in total. The van der Waals surface area contributed by atoms with Crippen LogP contribution in [-0.4, -0.2) is 15.9 Å². The van der Waals surface area contributed by atoms with E-state index in [9.17, 15) is 9.59 Å². The summed E-state index contributed by atoms with van der Waals surface area (Å²) in [5.74, 6) is 0.461. The van der Waals surface area contributed by atoms with E-state index < -0.39 is 0 Å². The smallest absolute Gasteiger partial charge is 0.323 e. The van der Waals surface area contributed by atoms with E-state index >= 15 is 0 Å². The molecule has 1 amide bonds. The number of hydrogen-bond donors (Lipinski definition) is 3. The lowest BCUT2D eigenvalue weighted by Gasteiger charge is -2.08. The van der Waals surface area contributed by atoms with Gasteiger partial charge in [0.1, 0.15) is 0 Å². The summed E-state index contributed by atoms with van der Waals surface area (Å²) >= 11 is 0. The summed E-state index contributed by atoms with van der Waals surface area (Å²) in [5, 5.41) is 2.92. The molecule has 5 heteroatoms. The number of aromatic nitrogens is 2. The largest absolute Gasteiger partial charge is 0.352 e. The van der Waals surface area contributed by atoms with Gasteiger partial charge in [0.2, 0.25) is 5.91 Å². The van der Waals surface area contributed by atoms with E-state index in [1.165, 1.54) is 0 Å². The molecule has 20 heavy (non-hydrogen) atoms. The number of hydrogen-bond acceptors (Lipinski definition) is 2. The first kappa shape index (κ1) is 12.7. The number of amides is 1. The highest BCUT2D eigenvalue weighted by molar-refractivity contribution is 5.77. The second-order valence-electron chi connectivity index (χ2n) is 5.21. The maximum atomic E-state index is 11.8. The Morgan fingerprint density at radius 1 is 1.30 bits per heavy atom. The highest BCUT2D eigenvalue weighted by Crippen LogP contribution is 2.20. The maximum Gasteiger partial charge on any atom is 0.323 e. The predicted molar refractivity (Wildman–Crippen MR) is 77.2 cm³/mol. The number of aromatic amines is 2. The number of fused-ring (bicyclic) bond motifs is 1. The fourth-order valence-corrected chi connectivity index (χ4v) is 2.57. The molecule has 3 rings (SSSR count). The molecule has 1 aliphatic rings. The molecule has 3 N–H and O–H groups in total. The van der Waals surface area contributed by atoms with Crippen LogP contribution in [0.15, 0.2) is 35.1 Å². The summed E-state index contributed by atoms with van der Waals surface area (Å²) in [6.45, 7) is 0.485. The zero-order chi connectivity index (χ0) is 13.9. The summed E-state index contributed by atoms with van der Waals surface area (Å²) in [5.41, 5.74) is 2.30. The van der Waals surface area contributed by atoms with Gasteiger partial charge in [-0.1, -0.05) is 18.2 Å². The average molecular weight is 271 g/mol. The standard InChI is InChI=1S/C15H17N3O2/c19-14(8-10-3-1-2-4-10)16-9-11-5-6-12-13(7-11)18-15(20)17-12/h1,3,5-7,10H,2,4,8-9H2,(H,16,19)(H2,17,18,20). The lowest BCUT2D eigenvalue weighted by atomic mass is 10.1. The third-order valence-electron chi connectivity index (χ3n) is 3.63. The fraction of sp³-hybridized carbons (Fsp3) is 0.333. The summed E-state index contributed by atoms with van der Waals surface area (Å²) in [7, 11) is 0. The normalized spacial score (nSPS) is 17.7. The Labute approximate surface area is 116 Å². The summed E-state index contributed by atoms with van der Waals surface area (Å²) in [4.78, 5) is 28.4. The molecule has 0 aliphatic heterocycles. The first-order valence-electron chi connectivity index (χ1n) is 6.85. The van der Waals surface area contributed by atoms with Crippen molar-refractivity contribution in [3.63, 3.8) is 0 Å². The molecule has 1 aromatic heterocycles. The Balaban J connectivity index is 1.59. The van der Waals surface area contributed by atoms with Crippen LogP contribution in [0.4, 0.5) is 0 Å². The topological polar surface area (TPSA) is 77.8 Å².